The van der Waals surface area contributed by atoms with Crippen molar-refractivity contribution in [3.05, 3.63) is 23.8 Å². The summed E-state index contributed by atoms with van der Waals surface area (Å²) in [5.74, 6) is 1.68. The first kappa shape index (κ1) is 13.2. The lowest BCUT2D eigenvalue weighted by Crippen LogP contribution is -2.36. The van der Waals surface area contributed by atoms with Crippen LogP contribution in [0.1, 0.15) is 25.8 Å². The molecule has 0 saturated carbocycles. The van der Waals surface area contributed by atoms with Crippen molar-refractivity contribution < 1.29 is 14.6 Å². The van der Waals surface area contributed by atoms with Gasteiger partial charge in [0, 0.05) is 12.1 Å². The molecule has 2 N–H and O–H groups in total. The quantitative estimate of drug-likeness (QED) is 0.808. The molecule has 2 rings (SSSR count). The highest BCUT2D eigenvalue weighted by molar-refractivity contribution is 5.44. The Bertz CT molecular complexity index is 395. The molecule has 0 aromatic heterocycles. The van der Waals surface area contributed by atoms with E-state index < -0.39 is 0 Å². The first-order chi connectivity index (χ1) is 8.69. The lowest BCUT2D eigenvalue weighted by molar-refractivity contribution is 0.174. The van der Waals surface area contributed by atoms with Gasteiger partial charge in [0.25, 0.3) is 0 Å². The fourth-order valence-electron chi connectivity index (χ4n) is 2.10. The molecule has 2 atom stereocenters. The summed E-state index contributed by atoms with van der Waals surface area (Å²) in [7, 11) is 0. The van der Waals surface area contributed by atoms with Gasteiger partial charge in [0.1, 0.15) is 0 Å². The van der Waals surface area contributed by atoms with E-state index in [2.05, 4.69) is 18.3 Å². The zero-order valence-corrected chi connectivity index (χ0v) is 11.0. The molecule has 0 spiro atoms. The van der Waals surface area contributed by atoms with Gasteiger partial charge in [0.05, 0.1) is 6.61 Å². The number of aryl methyl sites for hydroxylation is 1. The minimum atomic E-state index is 0.150. The summed E-state index contributed by atoms with van der Waals surface area (Å²) in [6.45, 7) is 4.62. The Morgan fingerprint density at radius 2 is 2.00 bits per heavy atom. The van der Waals surface area contributed by atoms with Gasteiger partial charge in [0.2, 0.25) is 6.79 Å². The highest BCUT2D eigenvalue weighted by Crippen LogP contribution is 2.32. The van der Waals surface area contributed by atoms with Gasteiger partial charge in [-0.1, -0.05) is 6.07 Å². The van der Waals surface area contributed by atoms with Gasteiger partial charge >= 0.3 is 0 Å². The van der Waals surface area contributed by atoms with E-state index in [-0.39, 0.29) is 12.6 Å². The van der Waals surface area contributed by atoms with Gasteiger partial charge in [-0.2, -0.15) is 0 Å². The number of benzene rings is 1. The number of nitrogens with one attached hydrogen (secondary N) is 1. The van der Waals surface area contributed by atoms with Gasteiger partial charge < -0.3 is 19.9 Å². The Labute approximate surface area is 108 Å². The fourth-order valence-corrected chi connectivity index (χ4v) is 2.10. The highest BCUT2D eigenvalue weighted by atomic mass is 16.7. The number of ether oxygens (including phenoxy) is 2. The van der Waals surface area contributed by atoms with Crippen molar-refractivity contribution in [1.82, 2.24) is 5.32 Å². The third kappa shape index (κ3) is 3.37. The normalized spacial score (nSPS) is 16.6. The van der Waals surface area contributed by atoms with Gasteiger partial charge in [-0.25, -0.2) is 0 Å². The molecule has 1 aromatic rings. The molecule has 0 amide bonds. The molecule has 18 heavy (non-hydrogen) atoms. The Morgan fingerprint density at radius 1 is 1.22 bits per heavy atom. The van der Waals surface area contributed by atoms with Gasteiger partial charge in [-0.15, -0.1) is 0 Å². The van der Waals surface area contributed by atoms with Gasteiger partial charge in [0.15, 0.2) is 11.5 Å². The van der Waals surface area contributed by atoms with E-state index in [1.807, 2.05) is 19.1 Å². The number of aliphatic hydroxyl groups excluding tert-OH is 1. The van der Waals surface area contributed by atoms with Crippen LogP contribution < -0.4 is 14.8 Å². The van der Waals surface area contributed by atoms with Crippen LogP contribution in [0.2, 0.25) is 0 Å². The van der Waals surface area contributed by atoms with Crippen LogP contribution >= 0.6 is 0 Å². The van der Waals surface area contributed by atoms with Crippen LogP contribution in [-0.2, 0) is 6.42 Å². The van der Waals surface area contributed by atoms with Crippen molar-refractivity contribution in [2.24, 2.45) is 0 Å². The van der Waals surface area contributed by atoms with Crippen LogP contribution in [0.4, 0.5) is 0 Å². The summed E-state index contributed by atoms with van der Waals surface area (Å²) >= 11 is 0. The van der Waals surface area contributed by atoms with E-state index in [1.54, 1.807) is 0 Å². The molecule has 4 nitrogen and oxygen atoms in total. The van der Waals surface area contributed by atoms with E-state index in [1.165, 1.54) is 5.56 Å². The predicted molar refractivity (Wildman–Crippen MR) is 70.0 cm³/mol. The predicted octanol–water partition coefficient (Wildman–Crippen LogP) is 1.71. The maximum Gasteiger partial charge on any atom is 0.231 e. The summed E-state index contributed by atoms with van der Waals surface area (Å²) < 4.78 is 10.6. The third-order valence-electron chi connectivity index (χ3n) is 3.15. The number of aliphatic hydroxyl groups is 1. The van der Waals surface area contributed by atoms with E-state index in [0.29, 0.717) is 12.8 Å². The standard InChI is InChI=1S/C14H21NO3/c1-10(15-11(2)8-16)3-4-12-5-6-13-14(7-12)18-9-17-13/h5-7,10-11,15-16H,3-4,8-9H2,1-2H3. The Morgan fingerprint density at radius 3 is 2.78 bits per heavy atom. The summed E-state index contributed by atoms with van der Waals surface area (Å²) in [5.41, 5.74) is 1.25. The minimum absolute atomic E-state index is 0.150. The molecule has 0 aliphatic carbocycles. The number of hydrogen-bond donors (Lipinski definition) is 2. The van der Waals surface area contributed by atoms with E-state index in [4.69, 9.17) is 14.6 Å². The monoisotopic (exact) mass is 251 g/mol. The topological polar surface area (TPSA) is 50.7 Å². The van der Waals surface area contributed by atoms with Crippen molar-refractivity contribution in [1.29, 1.82) is 0 Å². The Balaban J connectivity index is 1.83. The van der Waals surface area contributed by atoms with E-state index >= 15 is 0 Å². The molecule has 2 unspecified atom stereocenters. The maximum absolute atomic E-state index is 8.98. The second-order valence-corrected chi connectivity index (χ2v) is 4.88. The van der Waals surface area contributed by atoms with Crippen molar-refractivity contribution in [3.63, 3.8) is 0 Å². The molecule has 100 valence electrons. The van der Waals surface area contributed by atoms with Crippen molar-refractivity contribution in [2.75, 3.05) is 13.4 Å². The molecule has 4 heteroatoms. The first-order valence-corrected chi connectivity index (χ1v) is 6.44. The second kappa shape index (κ2) is 6.07. The van der Waals surface area contributed by atoms with Crippen LogP contribution in [-0.4, -0.2) is 30.6 Å². The highest BCUT2D eigenvalue weighted by Gasteiger charge is 2.13. The van der Waals surface area contributed by atoms with Gasteiger partial charge in [-0.3, -0.25) is 0 Å². The van der Waals surface area contributed by atoms with Crippen molar-refractivity contribution >= 4 is 0 Å². The zero-order chi connectivity index (χ0) is 13.0. The van der Waals surface area contributed by atoms with Crippen LogP contribution in [0.5, 0.6) is 11.5 Å². The molecule has 1 heterocycles. The van der Waals surface area contributed by atoms with E-state index in [9.17, 15) is 0 Å². The number of rotatable bonds is 6. The summed E-state index contributed by atoms with van der Waals surface area (Å²) in [6.07, 6.45) is 2.02. The average molecular weight is 251 g/mol. The van der Waals surface area contributed by atoms with Crippen LogP contribution in [0.25, 0.3) is 0 Å². The fraction of sp³-hybridized carbons (Fsp3) is 0.571. The third-order valence-corrected chi connectivity index (χ3v) is 3.15. The van der Waals surface area contributed by atoms with E-state index in [0.717, 1.165) is 24.3 Å². The average Bonchev–Trinajstić information content (AvgIpc) is 2.83. The molecule has 1 aliphatic heterocycles. The van der Waals surface area contributed by atoms with Crippen LogP contribution in [0, 0.1) is 0 Å². The zero-order valence-electron chi connectivity index (χ0n) is 11.0. The minimum Gasteiger partial charge on any atom is -0.454 e. The number of fused-ring (bicyclic) bond motifs is 1. The largest absolute Gasteiger partial charge is 0.454 e. The summed E-state index contributed by atoms with van der Waals surface area (Å²) in [4.78, 5) is 0. The molecule has 0 saturated heterocycles. The number of hydrogen-bond acceptors (Lipinski definition) is 4. The maximum atomic E-state index is 8.98. The second-order valence-electron chi connectivity index (χ2n) is 4.88. The lowest BCUT2D eigenvalue weighted by Gasteiger charge is -2.18. The molecule has 0 radical (unpaired) electrons. The van der Waals surface area contributed by atoms with Crippen molar-refractivity contribution in [2.45, 2.75) is 38.8 Å². The SMILES string of the molecule is CC(CO)NC(C)CCc1ccc2c(c1)OCO2. The smallest absolute Gasteiger partial charge is 0.231 e. The molecular weight excluding hydrogens is 230 g/mol. The summed E-state index contributed by atoms with van der Waals surface area (Å²) in [6, 6.07) is 6.63. The molecule has 1 aromatic carbocycles. The summed E-state index contributed by atoms with van der Waals surface area (Å²) in [5, 5.41) is 12.3. The van der Waals surface area contributed by atoms with Crippen molar-refractivity contribution in [3.8, 4) is 11.5 Å². The Kier molecular flexibility index (Phi) is 4.44. The van der Waals surface area contributed by atoms with Crippen LogP contribution in [0.3, 0.4) is 0 Å². The van der Waals surface area contributed by atoms with Crippen LogP contribution in [0.15, 0.2) is 18.2 Å². The molecular formula is C14H21NO3. The first-order valence-electron chi connectivity index (χ1n) is 6.44. The Hall–Kier alpha value is -1.26. The lowest BCUT2D eigenvalue weighted by atomic mass is 10.1. The van der Waals surface area contributed by atoms with Gasteiger partial charge in [-0.05, 0) is 44.4 Å². The molecule has 1 aliphatic rings. The molecule has 0 bridgehead atoms. The molecule has 0 fully saturated rings.